The van der Waals surface area contributed by atoms with Crippen molar-refractivity contribution in [1.29, 1.82) is 0 Å². The first kappa shape index (κ1) is 23.8. The average molecular weight is 437 g/mol. The second-order valence-corrected chi connectivity index (χ2v) is 9.07. The minimum atomic E-state index is -0.594. The molecule has 8 heteroatoms. The topological polar surface area (TPSA) is 72.9 Å². The summed E-state index contributed by atoms with van der Waals surface area (Å²) in [5, 5.41) is 2.82. The van der Waals surface area contributed by atoms with Crippen molar-refractivity contribution in [2.45, 2.75) is 45.5 Å². The van der Waals surface area contributed by atoms with Gasteiger partial charge in [0, 0.05) is 26.8 Å². The van der Waals surface area contributed by atoms with Crippen LogP contribution in [0, 0.1) is 0 Å². The van der Waals surface area contributed by atoms with E-state index >= 15 is 0 Å². The fraction of sp³-hybridized carbons (Fsp3) is 0.417. The lowest BCUT2D eigenvalue weighted by Gasteiger charge is -2.32. The van der Waals surface area contributed by atoms with Gasteiger partial charge >= 0.3 is 13.2 Å². The first-order chi connectivity index (χ1) is 15.1. The number of nitrogens with zero attached hydrogens (tertiary/aromatic N) is 2. The molecule has 0 atom stereocenters. The van der Waals surface area contributed by atoms with Crippen molar-refractivity contribution in [3.05, 3.63) is 65.3 Å². The van der Waals surface area contributed by atoms with Crippen LogP contribution in [0.5, 0.6) is 0 Å². The zero-order valence-electron chi connectivity index (χ0n) is 19.7. The maximum Gasteiger partial charge on any atom is 0.492 e. The van der Waals surface area contributed by atoms with Crippen LogP contribution >= 0.6 is 0 Å². The van der Waals surface area contributed by atoms with Crippen LogP contribution in [0.2, 0.25) is 0 Å². The Labute approximate surface area is 190 Å². The normalized spacial score (nSPS) is 17.2. The van der Waals surface area contributed by atoms with E-state index in [0.717, 1.165) is 22.4 Å². The van der Waals surface area contributed by atoms with Crippen LogP contribution in [0.25, 0.3) is 6.08 Å². The van der Waals surface area contributed by atoms with E-state index in [-0.39, 0.29) is 13.2 Å². The molecule has 0 spiro atoms. The first-order valence-electron chi connectivity index (χ1n) is 10.7. The van der Waals surface area contributed by atoms with Gasteiger partial charge in [0.15, 0.2) is 0 Å². The molecule has 0 radical (unpaired) electrons. The highest BCUT2D eigenvalue weighted by Crippen LogP contribution is 2.38. The lowest BCUT2D eigenvalue weighted by atomic mass is 9.77. The van der Waals surface area contributed by atoms with Gasteiger partial charge < -0.3 is 24.3 Å². The highest BCUT2D eigenvalue weighted by Gasteiger charge is 2.52. The van der Waals surface area contributed by atoms with Crippen LogP contribution in [0.15, 0.2) is 54.1 Å². The third-order valence-electron chi connectivity index (χ3n) is 5.79. The molecule has 1 fully saturated rings. The van der Waals surface area contributed by atoms with E-state index in [1.54, 1.807) is 6.20 Å². The molecule has 0 bridgehead atoms. The van der Waals surface area contributed by atoms with E-state index < -0.39 is 24.4 Å². The summed E-state index contributed by atoms with van der Waals surface area (Å²) in [4.78, 5) is 18.7. The van der Waals surface area contributed by atoms with E-state index in [9.17, 15) is 4.79 Å². The van der Waals surface area contributed by atoms with Crippen molar-refractivity contribution >= 4 is 25.1 Å². The van der Waals surface area contributed by atoms with Crippen molar-refractivity contribution in [3.63, 3.8) is 0 Å². The Morgan fingerprint density at radius 3 is 2.31 bits per heavy atom. The molecule has 1 N–H and O–H groups in total. The molecule has 3 rings (SSSR count). The molecule has 32 heavy (non-hydrogen) atoms. The maximum absolute atomic E-state index is 12.3. The van der Waals surface area contributed by atoms with Gasteiger partial charge in [-0.05, 0) is 56.4 Å². The molecule has 2 heterocycles. The second-order valence-electron chi connectivity index (χ2n) is 9.07. The molecular weight excluding hydrogens is 405 g/mol. The summed E-state index contributed by atoms with van der Waals surface area (Å²) in [6.07, 6.45) is 3.22. The average Bonchev–Trinajstić information content (AvgIpc) is 2.97. The molecule has 170 valence electrons. The molecule has 2 aromatic rings. The summed E-state index contributed by atoms with van der Waals surface area (Å²) in [6.45, 7) is 8.43. The fourth-order valence-corrected chi connectivity index (χ4v) is 3.11. The first-order valence-corrected chi connectivity index (χ1v) is 10.7. The highest BCUT2D eigenvalue weighted by atomic mass is 16.7. The van der Waals surface area contributed by atoms with Crippen molar-refractivity contribution in [3.8, 4) is 0 Å². The van der Waals surface area contributed by atoms with Gasteiger partial charge in [0.2, 0.25) is 0 Å². The van der Waals surface area contributed by atoms with Gasteiger partial charge in [-0.15, -0.1) is 0 Å². The zero-order chi connectivity index (χ0) is 23.4. The van der Waals surface area contributed by atoms with Crippen LogP contribution in [-0.2, 0) is 20.7 Å². The molecule has 1 amide bonds. The van der Waals surface area contributed by atoms with Gasteiger partial charge in [0.1, 0.15) is 12.4 Å². The van der Waals surface area contributed by atoms with Crippen molar-refractivity contribution in [2.24, 2.45) is 0 Å². The van der Waals surface area contributed by atoms with Gasteiger partial charge in [0.05, 0.1) is 11.2 Å². The number of ether oxygens (including phenoxy) is 1. The molecule has 7 nitrogen and oxygen atoms in total. The number of alkyl carbamates (subject to hydrolysis) is 1. The molecule has 1 aromatic heterocycles. The van der Waals surface area contributed by atoms with Gasteiger partial charge in [-0.25, -0.2) is 9.78 Å². The highest BCUT2D eigenvalue weighted by molar-refractivity contribution is 6.56. The van der Waals surface area contributed by atoms with Crippen molar-refractivity contribution in [2.75, 3.05) is 25.5 Å². The third kappa shape index (κ3) is 5.90. The van der Waals surface area contributed by atoms with E-state index in [0.29, 0.717) is 0 Å². The lowest BCUT2D eigenvalue weighted by molar-refractivity contribution is 0.00578. The quantitative estimate of drug-likeness (QED) is 0.658. The summed E-state index contributed by atoms with van der Waals surface area (Å²) in [5.41, 5.74) is 1.62. The third-order valence-corrected chi connectivity index (χ3v) is 5.79. The number of rotatable bonds is 7. The Bertz CT molecular complexity index is 927. The van der Waals surface area contributed by atoms with E-state index in [1.807, 2.05) is 95.2 Å². The van der Waals surface area contributed by atoms with Crippen LogP contribution in [0.4, 0.5) is 10.6 Å². The minimum Gasteiger partial charge on any atom is -0.445 e. The monoisotopic (exact) mass is 437 g/mol. The van der Waals surface area contributed by atoms with E-state index in [2.05, 4.69) is 10.3 Å². The number of hydrogen-bond acceptors (Lipinski definition) is 6. The summed E-state index contributed by atoms with van der Waals surface area (Å²) in [5.74, 6) is 0.863. The number of pyridine rings is 1. The van der Waals surface area contributed by atoms with Crippen LogP contribution in [0.1, 0.15) is 38.8 Å². The summed E-state index contributed by atoms with van der Waals surface area (Å²) < 4.78 is 17.8. The molecule has 0 unspecified atom stereocenters. The number of aromatic nitrogens is 1. The van der Waals surface area contributed by atoms with Crippen LogP contribution in [0.3, 0.4) is 0 Å². The number of hydrogen-bond donors (Lipinski definition) is 1. The van der Waals surface area contributed by atoms with E-state index in [1.165, 1.54) is 0 Å². The molecule has 0 saturated carbocycles. The van der Waals surface area contributed by atoms with Crippen LogP contribution in [-0.4, -0.2) is 50.0 Å². The lowest BCUT2D eigenvalue weighted by Crippen LogP contribution is -2.41. The van der Waals surface area contributed by atoms with Crippen molar-refractivity contribution in [1.82, 2.24) is 10.3 Å². The van der Waals surface area contributed by atoms with Crippen molar-refractivity contribution < 1.29 is 18.8 Å². The summed E-state index contributed by atoms with van der Waals surface area (Å²) >= 11 is 0. The molecule has 0 aliphatic carbocycles. The SMILES string of the molecule is CN(C)c1ccc(C=C(CNC(=O)OCc2ccccc2)B2OC(C)(C)C(C)(C)O2)cn1. The molecule has 1 aromatic carbocycles. The summed E-state index contributed by atoms with van der Waals surface area (Å²) in [6, 6.07) is 13.5. The maximum atomic E-state index is 12.3. The number of benzene rings is 1. The number of nitrogens with one attached hydrogen (secondary N) is 1. The Morgan fingerprint density at radius 1 is 1.09 bits per heavy atom. The van der Waals surface area contributed by atoms with Gasteiger partial charge in [-0.3, -0.25) is 0 Å². The molecule has 1 saturated heterocycles. The number of carbonyl (C=O) groups is 1. The standard InChI is InChI=1S/C24H32BN3O4/c1-23(2)24(3,4)32-25(31-23)20(14-19-12-13-21(26-15-19)28(5)6)16-27-22(29)30-17-18-10-8-7-9-11-18/h7-15H,16-17H2,1-6H3,(H,27,29). The summed E-state index contributed by atoms with van der Waals surface area (Å²) in [7, 11) is 3.29. The van der Waals surface area contributed by atoms with Gasteiger partial charge in [-0.2, -0.15) is 0 Å². The molecular formula is C24H32BN3O4. The molecule has 1 aliphatic rings. The predicted molar refractivity (Wildman–Crippen MR) is 127 cm³/mol. The Balaban J connectivity index is 1.72. The van der Waals surface area contributed by atoms with Crippen LogP contribution < -0.4 is 10.2 Å². The predicted octanol–water partition coefficient (Wildman–Crippen LogP) is 4.09. The second kappa shape index (κ2) is 9.75. The minimum absolute atomic E-state index is 0.206. The van der Waals surface area contributed by atoms with Gasteiger partial charge in [-0.1, -0.05) is 36.4 Å². The Hall–Kier alpha value is -2.84. The Kier molecular flexibility index (Phi) is 7.26. The Morgan fingerprint density at radius 2 is 1.75 bits per heavy atom. The molecule has 1 aliphatic heterocycles. The largest absolute Gasteiger partial charge is 0.492 e. The number of carbonyl (C=O) groups excluding carboxylic acids is 1. The smallest absolute Gasteiger partial charge is 0.445 e. The fourth-order valence-electron chi connectivity index (χ4n) is 3.11. The van der Waals surface area contributed by atoms with Gasteiger partial charge in [0.25, 0.3) is 0 Å². The number of amides is 1. The zero-order valence-corrected chi connectivity index (χ0v) is 19.7. The van der Waals surface area contributed by atoms with E-state index in [4.69, 9.17) is 14.0 Å². The number of anilines is 1.